The van der Waals surface area contributed by atoms with Gasteiger partial charge in [-0.1, -0.05) is 36.4 Å². The molecule has 3 amide bonds. The number of nitrogens with zero attached hydrogens (tertiary/aromatic N) is 1. The first-order valence-corrected chi connectivity index (χ1v) is 15.0. The maximum atomic E-state index is 14.3. The molecule has 46 heavy (non-hydrogen) atoms. The Hall–Kier alpha value is -5.32. The number of fused-ring (bicyclic) bond motifs is 2. The largest absolute Gasteiger partial charge is 0.491 e. The van der Waals surface area contributed by atoms with Gasteiger partial charge in [0.15, 0.2) is 5.82 Å². The Morgan fingerprint density at radius 1 is 0.913 bits per heavy atom. The number of halogens is 1. The number of aromatic nitrogens is 2. The van der Waals surface area contributed by atoms with Crippen LogP contribution >= 0.6 is 0 Å². The van der Waals surface area contributed by atoms with Crippen LogP contribution in [0.15, 0.2) is 66.7 Å². The molecule has 5 aromatic rings. The highest BCUT2D eigenvalue weighted by molar-refractivity contribution is 6.14. The Kier molecular flexibility index (Phi) is 8.78. The number of nitrogens with two attached hydrogens (primary N) is 1. The number of ether oxygens (including phenoxy) is 2. The van der Waals surface area contributed by atoms with Gasteiger partial charge in [0, 0.05) is 17.3 Å². The molecule has 0 unspecified atom stereocenters. The van der Waals surface area contributed by atoms with E-state index < -0.39 is 29.1 Å². The van der Waals surface area contributed by atoms with E-state index in [0.29, 0.717) is 41.2 Å². The highest BCUT2D eigenvalue weighted by atomic mass is 19.1. The van der Waals surface area contributed by atoms with Crippen LogP contribution in [0.4, 0.5) is 31.2 Å². The summed E-state index contributed by atoms with van der Waals surface area (Å²) in [6, 6.07) is 19.1. The highest BCUT2D eigenvalue weighted by Crippen LogP contribution is 2.41. The second kappa shape index (κ2) is 12.6. The van der Waals surface area contributed by atoms with E-state index in [1.807, 2.05) is 84.0 Å². The SMILES string of the molecule is Cc1ccc(F)c(NC(=O)Nc2ccc(-c3ccc(OCCC(C)(C)NC(=O)OC(C)(C)C)c4[nH]nc(N)c34)c3ccccc23)c1. The van der Waals surface area contributed by atoms with Gasteiger partial charge in [-0.25, -0.2) is 14.0 Å². The number of urea groups is 1. The van der Waals surface area contributed by atoms with Gasteiger partial charge in [0.05, 0.1) is 23.4 Å². The van der Waals surface area contributed by atoms with Crippen LogP contribution in [0.2, 0.25) is 0 Å². The molecule has 0 saturated carbocycles. The summed E-state index contributed by atoms with van der Waals surface area (Å²) in [7, 11) is 0. The van der Waals surface area contributed by atoms with Crippen molar-refractivity contribution in [3.05, 3.63) is 78.1 Å². The number of nitrogens with one attached hydrogen (secondary N) is 4. The number of aromatic amines is 1. The number of H-pyrrole nitrogens is 1. The predicted octanol–water partition coefficient (Wildman–Crippen LogP) is 8.13. The molecular weight excluding hydrogens is 587 g/mol. The first-order valence-electron chi connectivity index (χ1n) is 15.0. The smallest absolute Gasteiger partial charge is 0.408 e. The van der Waals surface area contributed by atoms with Crippen molar-refractivity contribution in [2.24, 2.45) is 0 Å². The third-order valence-corrected chi connectivity index (χ3v) is 7.37. The normalized spacial score (nSPS) is 11.8. The third-order valence-electron chi connectivity index (χ3n) is 7.37. The third kappa shape index (κ3) is 7.31. The summed E-state index contributed by atoms with van der Waals surface area (Å²) in [4.78, 5) is 25.1. The van der Waals surface area contributed by atoms with Crippen LogP contribution in [0.1, 0.15) is 46.6 Å². The molecular formula is C35H39FN6O4. The molecule has 240 valence electrons. The summed E-state index contributed by atoms with van der Waals surface area (Å²) in [5.41, 5.74) is 9.02. The summed E-state index contributed by atoms with van der Waals surface area (Å²) in [5.74, 6) is 0.364. The molecule has 0 aliphatic heterocycles. The minimum atomic E-state index is -0.594. The maximum absolute atomic E-state index is 14.3. The average molecular weight is 627 g/mol. The first-order chi connectivity index (χ1) is 21.7. The van der Waals surface area contributed by atoms with E-state index in [9.17, 15) is 14.0 Å². The van der Waals surface area contributed by atoms with Crippen molar-refractivity contribution < 1.29 is 23.5 Å². The number of alkyl carbamates (subject to hydrolysis) is 1. The Morgan fingerprint density at radius 3 is 2.35 bits per heavy atom. The quantitative estimate of drug-likeness (QED) is 0.118. The molecule has 1 heterocycles. The molecule has 10 nitrogen and oxygen atoms in total. The molecule has 1 aromatic heterocycles. The van der Waals surface area contributed by atoms with Crippen LogP contribution in [0.3, 0.4) is 0 Å². The zero-order chi connectivity index (χ0) is 33.2. The van der Waals surface area contributed by atoms with Crippen molar-refractivity contribution in [3.8, 4) is 16.9 Å². The standard InChI is InChI=1S/C35H39FN6O4/c1-20-11-14-25(36)27(19-20)39-32(43)38-26-15-12-22(21-9-7-8-10-23(21)26)24-13-16-28(30-29(24)31(37)42-41-30)45-18-17-35(5,6)40-33(44)46-34(2,3)4/h7-16,19H,17-18H2,1-6H3,(H,40,44)(H3,37,41,42)(H2,38,39,43). The van der Waals surface area contributed by atoms with Crippen LogP contribution in [-0.4, -0.2) is 40.1 Å². The minimum absolute atomic E-state index is 0.0985. The van der Waals surface area contributed by atoms with E-state index in [1.54, 1.807) is 18.2 Å². The van der Waals surface area contributed by atoms with Gasteiger partial charge in [0.1, 0.15) is 22.7 Å². The van der Waals surface area contributed by atoms with Crippen molar-refractivity contribution in [2.45, 2.75) is 59.1 Å². The van der Waals surface area contributed by atoms with Crippen LogP contribution in [0, 0.1) is 12.7 Å². The van der Waals surface area contributed by atoms with Gasteiger partial charge in [-0.05, 0) is 94.0 Å². The lowest BCUT2D eigenvalue weighted by Crippen LogP contribution is -2.46. The second-order valence-corrected chi connectivity index (χ2v) is 12.8. The summed E-state index contributed by atoms with van der Waals surface area (Å²) in [6.45, 7) is 11.4. The number of anilines is 3. The van der Waals surface area contributed by atoms with Gasteiger partial charge in [-0.3, -0.25) is 5.10 Å². The lowest BCUT2D eigenvalue weighted by atomic mass is 9.94. The van der Waals surface area contributed by atoms with Crippen molar-refractivity contribution in [3.63, 3.8) is 0 Å². The van der Waals surface area contributed by atoms with Crippen molar-refractivity contribution in [1.82, 2.24) is 15.5 Å². The maximum Gasteiger partial charge on any atom is 0.408 e. The molecule has 0 radical (unpaired) electrons. The number of benzene rings is 4. The summed E-state index contributed by atoms with van der Waals surface area (Å²) in [6.07, 6.45) is 0.0299. The van der Waals surface area contributed by atoms with Crippen molar-refractivity contribution in [1.29, 1.82) is 0 Å². The average Bonchev–Trinajstić information content (AvgIpc) is 3.36. The van der Waals surface area contributed by atoms with Crippen LogP contribution < -0.4 is 26.4 Å². The van der Waals surface area contributed by atoms with E-state index in [1.165, 1.54) is 6.07 Å². The Labute approximate surface area is 266 Å². The van der Waals surface area contributed by atoms with Crippen LogP contribution in [0.25, 0.3) is 32.8 Å². The number of carbonyl (C=O) groups excluding carboxylic acids is 2. The highest BCUT2D eigenvalue weighted by Gasteiger charge is 2.25. The lowest BCUT2D eigenvalue weighted by Gasteiger charge is -2.28. The second-order valence-electron chi connectivity index (χ2n) is 12.8. The molecule has 0 spiro atoms. The van der Waals surface area contributed by atoms with Gasteiger partial charge in [0.2, 0.25) is 0 Å². The fourth-order valence-corrected chi connectivity index (χ4v) is 5.19. The minimum Gasteiger partial charge on any atom is -0.491 e. The number of amides is 3. The summed E-state index contributed by atoms with van der Waals surface area (Å²) >= 11 is 0. The zero-order valence-corrected chi connectivity index (χ0v) is 26.8. The predicted molar refractivity (Wildman–Crippen MR) is 181 cm³/mol. The molecule has 0 fully saturated rings. The van der Waals surface area contributed by atoms with E-state index in [-0.39, 0.29) is 5.69 Å². The van der Waals surface area contributed by atoms with Crippen LogP contribution in [0.5, 0.6) is 5.75 Å². The fraction of sp³-hybridized carbons (Fsp3) is 0.286. The molecule has 0 aliphatic carbocycles. The molecule has 0 atom stereocenters. The number of nitrogen functional groups attached to an aromatic ring is 1. The molecule has 5 rings (SSSR count). The topological polar surface area (TPSA) is 143 Å². The molecule has 0 bridgehead atoms. The van der Waals surface area contributed by atoms with Crippen molar-refractivity contribution in [2.75, 3.05) is 23.0 Å². The monoisotopic (exact) mass is 626 g/mol. The molecule has 11 heteroatoms. The number of rotatable bonds is 8. The van der Waals surface area contributed by atoms with Gasteiger partial charge >= 0.3 is 12.1 Å². The summed E-state index contributed by atoms with van der Waals surface area (Å²) in [5, 5.41) is 18.0. The molecule has 6 N–H and O–H groups in total. The Morgan fingerprint density at radius 2 is 1.61 bits per heavy atom. The van der Waals surface area contributed by atoms with Gasteiger partial charge < -0.3 is 31.2 Å². The number of aryl methyl sites for hydroxylation is 1. The fourth-order valence-electron chi connectivity index (χ4n) is 5.19. The van der Waals surface area contributed by atoms with Gasteiger partial charge in [0.25, 0.3) is 0 Å². The van der Waals surface area contributed by atoms with E-state index in [2.05, 4.69) is 26.1 Å². The lowest BCUT2D eigenvalue weighted by molar-refractivity contribution is 0.0461. The van der Waals surface area contributed by atoms with E-state index in [4.69, 9.17) is 15.2 Å². The Balaban J connectivity index is 1.38. The molecule has 4 aromatic carbocycles. The first kappa shape index (κ1) is 32.1. The zero-order valence-electron chi connectivity index (χ0n) is 26.8. The van der Waals surface area contributed by atoms with E-state index >= 15 is 0 Å². The van der Waals surface area contributed by atoms with Crippen LogP contribution in [-0.2, 0) is 4.74 Å². The number of carbonyl (C=O) groups is 2. The van der Waals surface area contributed by atoms with Gasteiger partial charge in [-0.2, -0.15) is 5.10 Å². The number of hydrogen-bond acceptors (Lipinski definition) is 6. The van der Waals surface area contributed by atoms with Gasteiger partial charge in [-0.15, -0.1) is 0 Å². The molecule has 0 aliphatic rings. The van der Waals surface area contributed by atoms with E-state index in [0.717, 1.165) is 27.5 Å². The Bertz CT molecular complexity index is 1930. The summed E-state index contributed by atoms with van der Waals surface area (Å²) < 4.78 is 25.8. The molecule has 0 saturated heterocycles. The number of hydrogen-bond donors (Lipinski definition) is 5. The van der Waals surface area contributed by atoms with Crippen molar-refractivity contribution >= 4 is 51.0 Å².